The van der Waals surface area contributed by atoms with Crippen LogP contribution in [0.4, 0.5) is 0 Å². The van der Waals surface area contributed by atoms with Crippen LogP contribution in [-0.2, 0) is 28.4 Å². The molecule has 2 unspecified atom stereocenters. The molecule has 2 aromatic heterocycles. The highest BCUT2D eigenvalue weighted by molar-refractivity contribution is 7.90. The molecule has 3 aliphatic heterocycles. The van der Waals surface area contributed by atoms with Crippen molar-refractivity contribution in [2.45, 2.75) is 88.7 Å². The van der Waals surface area contributed by atoms with Crippen molar-refractivity contribution in [1.82, 2.24) is 24.0 Å². The fourth-order valence-corrected chi connectivity index (χ4v) is 9.17. The van der Waals surface area contributed by atoms with E-state index in [1.807, 2.05) is 36.2 Å². The first-order chi connectivity index (χ1) is 24.5. The minimum absolute atomic E-state index is 0.0554. The zero-order valence-corrected chi connectivity index (χ0v) is 30.5. The first-order valence-corrected chi connectivity index (χ1v) is 19.6. The molecule has 5 heterocycles. The van der Waals surface area contributed by atoms with Gasteiger partial charge in [-0.1, -0.05) is 25.3 Å². The number of nitrogens with one attached hydrogen (secondary N) is 1. The summed E-state index contributed by atoms with van der Waals surface area (Å²) in [6, 6.07) is 11.7. The Kier molecular flexibility index (Phi) is 8.57. The third kappa shape index (κ3) is 5.95. The van der Waals surface area contributed by atoms with E-state index in [1.54, 1.807) is 37.9 Å². The molecule has 268 valence electrons. The second kappa shape index (κ2) is 13.0. The number of rotatable bonds is 7. The molecular formula is C39H45N5O6S. The van der Waals surface area contributed by atoms with E-state index in [2.05, 4.69) is 26.5 Å². The van der Waals surface area contributed by atoms with Crippen molar-refractivity contribution in [1.29, 1.82) is 0 Å². The molecule has 2 bridgehead atoms. The monoisotopic (exact) mass is 711 g/mol. The molecule has 2 saturated heterocycles. The lowest BCUT2D eigenvalue weighted by Crippen LogP contribution is -2.46. The summed E-state index contributed by atoms with van der Waals surface area (Å²) in [5, 5.41) is 4.91. The maximum Gasteiger partial charge on any atom is 0.264 e. The topological polar surface area (TPSA) is 125 Å². The number of aryl methyl sites for hydroxylation is 1. The van der Waals surface area contributed by atoms with Crippen molar-refractivity contribution in [3.05, 3.63) is 70.5 Å². The number of hydrogen-bond donors (Lipinski definition) is 1. The van der Waals surface area contributed by atoms with Crippen LogP contribution >= 0.6 is 0 Å². The van der Waals surface area contributed by atoms with Gasteiger partial charge in [-0.05, 0) is 98.6 Å². The highest BCUT2D eigenvalue weighted by atomic mass is 32.2. The number of carbonyl (C=O) groups excluding carboxylic acids is 2. The van der Waals surface area contributed by atoms with Gasteiger partial charge in [0, 0.05) is 42.2 Å². The van der Waals surface area contributed by atoms with Crippen molar-refractivity contribution in [2.24, 2.45) is 7.05 Å². The number of morpholine rings is 1. The van der Waals surface area contributed by atoms with Crippen LogP contribution < -0.4 is 9.46 Å². The second-order valence-electron chi connectivity index (χ2n) is 14.8. The lowest BCUT2D eigenvalue weighted by atomic mass is 9.81. The number of allylic oxidation sites excluding steroid dienone is 1. The van der Waals surface area contributed by atoms with E-state index in [-0.39, 0.29) is 23.7 Å². The third-order valence-electron chi connectivity index (χ3n) is 11.2. The number of amides is 2. The molecule has 2 aromatic carbocycles. The molecular weight excluding hydrogens is 667 g/mol. The average molecular weight is 712 g/mol. The summed E-state index contributed by atoms with van der Waals surface area (Å²) in [4.78, 5) is 29.6. The van der Waals surface area contributed by atoms with Gasteiger partial charge in [0.1, 0.15) is 5.75 Å². The summed E-state index contributed by atoms with van der Waals surface area (Å²) < 4.78 is 43.5. The van der Waals surface area contributed by atoms with E-state index in [1.165, 1.54) is 12.0 Å². The van der Waals surface area contributed by atoms with Gasteiger partial charge in [0.15, 0.2) is 0 Å². The molecule has 0 radical (unpaired) electrons. The molecule has 1 saturated carbocycles. The summed E-state index contributed by atoms with van der Waals surface area (Å²) in [6.45, 7) is 4.63. The van der Waals surface area contributed by atoms with E-state index in [9.17, 15) is 18.0 Å². The number of methoxy groups -OCH3 is 1. The maximum atomic E-state index is 14.2. The molecule has 2 amide bonds. The van der Waals surface area contributed by atoms with Crippen LogP contribution in [0, 0.1) is 0 Å². The third-order valence-corrected chi connectivity index (χ3v) is 12.9. The predicted octanol–water partition coefficient (Wildman–Crippen LogP) is 6.12. The van der Waals surface area contributed by atoms with Gasteiger partial charge in [0.25, 0.3) is 11.8 Å². The van der Waals surface area contributed by atoms with E-state index in [0.717, 1.165) is 83.3 Å². The smallest absolute Gasteiger partial charge is 0.264 e. The van der Waals surface area contributed by atoms with E-state index >= 15 is 0 Å². The second-order valence-corrected chi connectivity index (χ2v) is 17.0. The normalized spacial score (nSPS) is 20.6. The van der Waals surface area contributed by atoms with Crippen LogP contribution in [0.2, 0.25) is 0 Å². The molecule has 4 aromatic rings. The van der Waals surface area contributed by atoms with Crippen LogP contribution in [-0.4, -0.2) is 77.1 Å². The van der Waals surface area contributed by atoms with Crippen LogP contribution in [0.25, 0.3) is 33.8 Å². The van der Waals surface area contributed by atoms with Crippen molar-refractivity contribution >= 4 is 44.4 Å². The molecule has 1 N–H and O–H groups in total. The SMILES string of the molecule is COc1ccc2c(c1)C=C(c1c(C(=O)N3CC4CCC(C3)O4)cnn1C)Cn1c-2c(C2CCCCC2)c2ccc(C(=O)NS(=O)(=O)C(C)C)cc21. The van der Waals surface area contributed by atoms with Crippen LogP contribution in [0.3, 0.4) is 0 Å². The maximum absolute atomic E-state index is 14.2. The first-order valence-electron chi connectivity index (χ1n) is 18.1. The largest absolute Gasteiger partial charge is 0.497 e. The zero-order valence-electron chi connectivity index (χ0n) is 29.6. The molecule has 0 spiro atoms. The number of fused-ring (bicyclic) bond motifs is 7. The van der Waals surface area contributed by atoms with Gasteiger partial charge < -0.3 is 18.9 Å². The number of nitrogens with zero attached hydrogens (tertiary/aromatic N) is 4. The van der Waals surface area contributed by atoms with Gasteiger partial charge in [-0.15, -0.1) is 0 Å². The Morgan fingerprint density at radius 1 is 0.980 bits per heavy atom. The lowest BCUT2D eigenvalue weighted by Gasteiger charge is -2.32. The Bertz CT molecular complexity index is 2180. The number of likely N-dealkylation sites (tertiary alicyclic amines) is 1. The zero-order chi connectivity index (χ0) is 35.6. The van der Waals surface area contributed by atoms with Crippen molar-refractivity contribution in [3.8, 4) is 17.0 Å². The van der Waals surface area contributed by atoms with Gasteiger partial charge in [-0.3, -0.25) is 14.3 Å². The molecule has 51 heavy (non-hydrogen) atoms. The molecule has 1 aliphatic carbocycles. The summed E-state index contributed by atoms with van der Waals surface area (Å²) >= 11 is 0. The molecule has 2 atom stereocenters. The Morgan fingerprint density at radius 3 is 2.43 bits per heavy atom. The Hall–Kier alpha value is -4.42. The van der Waals surface area contributed by atoms with Crippen LogP contribution in [0.5, 0.6) is 5.75 Å². The van der Waals surface area contributed by atoms with E-state index < -0.39 is 21.2 Å². The highest BCUT2D eigenvalue weighted by Gasteiger charge is 2.38. The predicted molar refractivity (Wildman–Crippen MR) is 196 cm³/mol. The van der Waals surface area contributed by atoms with E-state index in [0.29, 0.717) is 31.1 Å². The van der Waals surface area contributed by atoms with Gasteiger partial charge >= 0.3 is 0 Å². The van der Waals surface area contributed by atoms with Crippen molar-refractivity contribution < 1.29 is 27.5 Å². The molecule has 12 heteroatoms. The Labute approximate surface area is 298 Å². The minimum atomic E-state index is -3.83. The number of benzene rings is 2. The minimum Gasteiger partial charge on any atom is -0.497 e. The number of ether oxygens (including phenoxy) is 2. The molecule has 8 rings (SSSR count). The fourth-order valence-electron chi connectivity index (χ4n) is 8.56. The highest BCUT2D eigenvalue weighted by Crippen LogP contribution is 2.48. The van der Waals surface area contributed by atoms with Crippen LogP contribution in [0.15, 0.2) is 42.6 Å². The number of carbonyl (C=O) groups is 2. The Morgan fingerprint density at radius 2 is 1.73 bits per heavy atom. The Balaban J connectivity index is 1.31. The standard InChI is InChI=1S/C39H45N5O6S/c1-23(2)51(47,48)41-38(45)25-10-14-32-34(18-25)44-20-27(36-33(19-40-42(36)3)39(46)43-21-29-11-12-30(22-43)50-29)16-26-17-28(49-4)13-15-31(26)37(44)35(32)24-8-6-5-7-9-24/h10,13-19,23-24,29-30H,5-9,11-12,20-22H2,1-4H3,(H,41,45). The molecule has 3 fully saturated rings. The van der Waals surface area contributed by atoms with Crippen molar-refractivity contribution in [2.75, 3.05) is 20.2 Å². The average Bonchev–Trinajstić information content (AvgIpc) is 3.74. The summed E-state index contributed by atoms with van der Waals surface area (Å²) in [5.74, 6) is 0.332. The van der Waals surface area contributed by atoms with Gasteiger partial charge in [0.05, 0.1) is 54.3 Å². The summed E-state index contributed by atoms with van der Waals surface area (Å²) in [6.07, 6.45) is 11.5. The number of sulfonamides is 1. The molecule has 11 nitrogen and oxygen atoms in total. The van der Waals surface area contributed by atoms with Crippen molar-refractivity contribution in [3.63, 3.8) is 0 Å². The summed E-state index contributed by atoms with van der Waals surface area (Å²) in [7, 11) is -0.302. The quantitative estimate of drug-likeness (QED) is 0.245. The number of hydrogen-bond acceptors (Lipinski definition) is 7. The first kappa shape index (κ1) is 33.7. The molecule has 4 aliphatic rings. The van der Waals surface area contributed by atoms with Gasteiger partial charge in [-0.2, -0.15) is 5.10 Å². The number of aromatic nitrogens is 3. The van der Waals surface area contributed by atoms with E-state index in [4.69, 9.17) is 9.47 Å². The van der Waals surface area contributed by atoms with Gasteiger partial charge in [0.2, 0.25) is 10.0 Å². The van der Waals surface area contributed by atoms with Gasteiger partial charge in [-0.25, -0.2) is 13.1 Å². The lowest BCUT2D eigenvalue weighted by molar-refractivity contribution is -0.0303. The van der Waals surface area contributed by atoms with Crippen LogP contribution in [0.1, 0.15) is 102 Å². The fraction of sp³-hybridized carbons (Fsp3) is 0.462. The summed E-state index contributed by atoms with van der Waals surface area (Å²) in [5.41, 5.74) is 7.61.